The standard InChI is InChI=1S/C14H22N2O4S/c15-12-3-1-4-14(11-12)20-9-10-21(17,18)16-7-6-13-5-2-8-19-13/h1,3-4,11,13,16H,2,5-10,15H2. The van der Waals surface area contributed by atoms with E-state index in [0.29, 0.717) is 18.0 Å². The van der Waals surface area contributed by atoms with Crippen molar-refractivity contribution in [3.63, 3.8) is 0 Å². The highest BCUT2D eigenvalue weighted by Gasteiger charge is 2.16. The number of hydrogen-bond donors (Lipinski definition) is 2. The van der Waals surface area contributed by atoms with Crippen LogP contribution in [0, 0.1) is 0 Å². The van der Waals surface area contributed by atoms with Crippen molar-refractivity contribution >= 4 is 15.7 Å². The first kappa shape index (κ1) is 16.1. The molecule has 1 atom stereocenters. The maximum Gasteiger partial charge on any atom is 0.214 e. The first-order valence-corrected chi connectivity index (χ1v) is 8.78. The van der Waals surface area contributed by atoms with E-state index in [1.807, 2.05) is 0 Å². The molecule has 6 nitrogen and oxygen atoms in total. The monoisotopic (exact) mass is 314 g/mol. The molecule has 1 saturated heterocycles. The van der Waals surface area contributed by atoms with Gasteiger partial charge in [0.25, 0.3) is 0 Å². The van der Waals surface area contributed by atoms with Gasteiger partial charge < -0.3 is 15.2 Å². The van der Waals surface area contributed by atoms with Gasteiger partial charge in [0.1, 0.15) is 12.4 Å². The summed E-state index contributed by atoms with van der Waals surface area (Å²) in [4.78, 5) is 0. The number of nitrogens with two attached hydrogens (primary N) is 1. The van der Waals surface area contributed by atoms with Gasteiger partial charge in [-0.05, 0) is 31.4 Å². The van der Waals surface area contributed by atoms with Gasteiger partial charge in [-0.3, -0.25) is 0 Å². The highest BCUT2D eigenvalue weighted by Crippen LogP contribution is 2.15. The van der Waals surface area contributed by atoms with Crippen molar-refractivity contribution in [2.24, 2.45) is 0 Å². The Bertz CT molecular complexity index is 542. The van der Waals surface area contributed by atoms with E-state index in [2.05, 4.69) is 4.72 Å². The molecule has 1 aromatic rings. The van der Waals surface area contributed by atoms with Crippen molar-refractivity contribution in [2.75, 3.05) is 31.2 Å². The average Bonchev–Trinajstić information content (AvgIpc) is 2.91. The summed E-state index contributed by atoms with van der Waals surface area (Å²) in [5.41, 5.74) is 6.21. The molecule has 1 unspecified atom stereocenters. The zero-order valence-corrected chi connectivity index (χ0v) is 12.8. The molecule has 118 valence electrons. The fraction of sp³-hybridized carbons (Fsp3) is 0.571. The van der Waals surface area contributed by atoms with Crippen LogP contribution in [0.5, 0.6) is 5.75 Å². The lowest BCUT2D eigenvalue weighted by molar-refractivity contribution is 0.105. The van der Waals surface area contributed by atoms with E-state index < -0.39 is 10.0 Å². The molecule has 3 N–H and O–H groups in total. The van der Waals surface area contributed by atoms with Crippen molar-refractivity contribution in [1.82, 2.24) is 4.72 Å². The van der Waals surface area contributed by atoms with Crippen LogP contribution >= 0.6 is 0 Å². The fourth-order valence-electron chi connectivity index (χ4n) is 2.19. The third-order valence-electron chi connectivity index (χ3n) is 3.29. The second-order valence-electron chi connectivity index (χ2n) is 5.06. The molecule has 2 rings (SSSR count). The summed E-state index contributed by atoms with van der Waals surface area (Å²) < 4.78 is 37.0. The van der Waals surface area contributed by atoms with Crippen LogP contribution in [0.1, 0.15) is 19.3 Å². The van der Waals surface area contributed by atoms with Crippen LogP contribution in [0.4, 0.5) is 5.69 Å². The van der Waals surface area contributed by atoms with E-state index in [4.69, 9.17) is 15.2 Å². The second kappa shape index (κ2) is 7.63. The lowest BCUT2D eigenvalue weighted by atomic mass is 10.2. The van der Waals surface area contributed by atoms with Crippen LogP contribution in [0.25, 0.3) is 0 Å². The van der Waals surface area contributed by atoms with Gasteiger partial charge in [0.2, 0.25) is 10.0 Å². The zero-order chi connectivity index (χ0) is 15.1. The quantitative estimate of drug-likeness (QED) is 0.702. The summed E-state index contributed by atoms with van der Waals surface area (Å²) in [6.07, 6.45) is 2.98. The Morgan fingerprint density at radius 2 is 2.29 bits per heavy atom. The minimum atomic E-state index is -3.32. The summed E-state index contributed by atoms with van der Waals surface area (Å²) >= 11 is 0. The first-order valence-electron chi connectivity index (χ1n) is 7.12. The van der Waals surface area contributed by atoms with E-state index in [1.165, 1.54) is 0 Å². The van der Waals surface area contributed by atoms with Gasteiger partial charge in [-0.2, -0.15) is 0 Å². The molecule has 0 spiro atoms. The molecule has 1 aliphatic rings. The summed E-state index contributed by atoms with van der Waals surface area (Å²) in [6, 6.07) is 6.92. The SMILES string of the molecule is Nc1cccc(OCCS(=O)(=O)NCCC2CCCO2)c1. The normalized spacial score (nSPS) is 18.8. The van der Waals surface area contributed by atoms with Crippen LogP contribution < -0.4 is 15.2 Å². The molecule has 1 heterocycles. The number of nitrogen functional groups attached to an aromatic ring is 1. The Morgan fingerprint density at radius 1 is 1.43 bits per heavy atom. The Kier molecular flexibility index (Phi) is 5.84. The molecule has 0 amide bonds. The van der Waals surface area contributed by atoms with E-state index in [-0.39, 0.29) is 18.5 Å². The molecular formula is C14H22N2O4S. The number of sulfonamides is 1. The lowest BCUT2D eigenvalue weighted by Crippen LogP contribution is -2.31. The number of benzene rings is 1. The number of nitrogens with one attached hydrogen (secondary N) is 1. The van der Waals surface area contributed by atoms with Crippen LogP contribution in [0.2, 0.25) is 0 Å². The minimum Gasteiger partial charge on any atom is -0.492 e. The van der Waals surface area contributed by atoms with E-state index in [1.54, 1.807) is 24.3 Å². The first-order chi connectivity index (χ1) is 10.1. The van der Waals surface area contributed by atoms with Gasteiger partial charge in [0, 0.05) is 24.9 Å². The number of rotatable bonds is 8. The lowest BCUT2D eigenvalue weighted by Gasteiger charge is -2.11. The molecule has 1 aliphatic heterocycles. The average molecular weight is 314 g/mol. The molecule has 7 heteroatoms. The van der Waals surface area contributed by atoms with E-state index in [9.17, 15) is 8.42 Å². The molecule has 0 radical (unpaired) electrons. The highest BCUT2D eigenvalue weighted by atomic mass is 32.2. The summed E-state index contributed by atoms with van der Waals surface area (Å²) in [5, 5.41) is 0. The number of anilines is 1. The maximum atomic E-state index is 11.8. The number of hydrogen-bond acceptors (Lipinski definition) is 5. The predicted octanol–water partition coefficient (Wildman–Crippen LogP) is 1.14. The Balaban J connectivity index is 1.66. The van der Waals surface area contributed by atoms with Crippen LogP contribution in [-0.4, -0.2) is 40.0 Å². The Labute approximate surface area is 125 Å². The second-order valence-corrected chi connectivity index (χ2v) is 6.98. The van der Waals surface area contributed by atoms with Gasteiger partial charge in [0.05, 0.1) is 11.9 Å². The van der Waals surface area contributed by atoms with Gasteiger partial charge in [-0.1, -0.05) is 6.07 Å². The van der Waals surface area contributed by atoms with Crippen LogP contribution in [0.15, 0.2) is 24.3 Å². The fourth-order valence-corrected chi connectivity index (χ4v) is 3.07. The minimum absolute atomic E-state index is 0.0761. The maximum absolute atomic E-state index is 11.8. The van der Waals surface area contributed by atoms with Gasteiger partial charge in [-0.25, -0.2) is 13.1 Å². The van der Waals surface area contributed by atoms with Gasteiger partial charge in [0.15, 0.2) is 0 Å². The Hall–Kier alpha value is -1.31. The van der Waals surface area contributed by atoms with Crippen molar-refractivity contribution in [2.45, 2.75) is 25.4 Å². The summed E-state index contributed by atoms with van der Waals surface area (Å²) in [5.74, 6) is 0.498. The molecule has 1 fully saturated rings. The van der Waals surface area contributed by atoms with Crippen molar-refractivity contribution in [3.8, 4) is 5.75 Å². The molecule has 0 bridgehead atoms. The van der Waals surface area contributed by atoms with Crippen LogP contribution in [-0.2, 0) is 14.8 Å². The molecule has 21 heavy (non-hydrogen) atoms. The molecule has 0 aliphatic carbocycles. The third kappa shape index (κ3) is 5.91. The zero-order valence-electron chi connectivity index (χ0n) is 12.0. The van der Waals surface area contributed by atoms with Crippen LogP contribution in [0.3, 0.4) is 0 Å². The summed E-state index contributed by atoms with van der Waals surface area (Å²) in [7, 11) is -3.32. The van der Waals surface area contributed by atoms with Crippen molar-refractivity contribution in [1.29, 1.82) is 0 Å². The van der Waals surface area contributed by atoms with Crippen molar-refractivity contribution in [3.05, 3.63) is 24.3 Å². The summed E-state index contributed by atoms with van der Waals surface area (Å²) in [6.45, 7) is 1.29. The highest BCUT2D eigenvalue weighted by molar-refractivity contribution is 7.89. The molecule has 0 saturated carbocycles. The van der Waals surface area contributed by atoms with Crippen molar-refractivity contribution < 1.29 is 17.9 Å². The predicted molar refractivity (Wildman–Crippen MR) is 81.7 cm³/mol. The molecular weight excluding hydrogens is 292 g/mol. The number of ether oxygens (including phenoxy) is 2. The molecule has 1 aromatic carbocycles. The smallest absolute Gasteiger partial charge is 0.214 e. The Morgan fingerprint density at radius 3 is 3.00 bits per heavy atom. The van der Waals surface area contributed by atoms with Gasteiger partial charge >= 0.3 is 0 Å². The van der Waals surface area contributed by atoms with E-state index >= 15 is 0 Å². The topological polar surface area (TPSA) is 90.7 Å². The largest absolute Gasteiger partial charge is 0.492 e. The third-order valence-corrected chi connectivity index (χ3v) is 4.64. The van der Waals surface area contributed by atoms with Gasteiger partial charge in [-0.15, -0.1) is 0 Å². The van der Waals surface area contributed by atoms with E-state index in [0.717, 1.165) is 25.9 Å². The molecule has 0 aromatic heterocycles.